The molecule has 2 heterocycles. The Bertz CT molecular complexity index is 622. The fourth-order valence-corrected chi connectivity index (χ4v) is 2.49. The van der Waals surface area contributed by atoms with Gasteiger partial charge in [0.15, 0.2) is 0 Å². The first-order chi connectivity index (χ1) is 10.0. The van der Waals surface area contributed by atoms with Crippen molar-refractivity contribution in [1.29, 1.82) is 5.26 Å². The van der Waals surface area contributed by atoms with Gasteiger partial charge in [0.2, 0.25) is 5.91 Å². The van der Waals surface area contributed by atoms with Gasteiger partial charge in [0, 0.05) is 31.9 Å². The molecule has 1 amide bonds. The van der Waals surface area contributed by atoms with Gasteiger partial charge in [0.25, 0.3) is 5.56 Å². The number of nitrogens with one attached hydrogen (secondary N) is 1. The van der Waals surface area contributed by atoms with Crippen molar-refractivity contribution < 1.29 is 4.79 Å². The number of hydrogen-bond donors (Lipinski definition) is 1. The molecule has 1 aromatic rings. The molecule has 0 atom stereocenters. The van der Waals surface area contributed by atoms with Crippen molar-refractivity contribution >= 4 is 5.91 Å². The molecule has 1 N–H and O–H groups in total. The van der Waals surface area contributed by atoms with Crippen LogP contribution < -0.4 is 10.9 Å². The largest absolute Gasteiger partial charge is 0.339 e. The summed E-state index contributed by atoms with van der Waals surface area (Å²) in [6.45, 7) is 6.79. The molecule has 0 spiro atoms. The molecule has 1 saturated heterocycles. The second kappa shape index (κ2) is 6.55. The Balaban J connectivity index is 2.31. The minimum Gasteiger partial charge on any atom is -0.339 e. The number of hydrogen-bond acceptors (Lipinski definition) is 4. The van der Waals surface area contributed by atoms with Gasteiger partial charge in [0.05, 0.1) is 0 Å². The molecule has 0 aliphatic carbocycles. The third-order valence-corrected chi connectivity index (χ3v) is 3.68. The van der Waals surface area contributed by atoms with Gasteiger partial charge in [-0.05, 0) is 18.1 Å². The Morgan fingerprint density at radius 3 is 2.62 bits per heavy atom. The summed E-state index contributed by atoms with van der Waals surface area (Å²) >= 11 is 0. The maximum Gasteiger partial charge on any atom is 0.269 e. The summed E-state index contributed by atoms with van der Waals surface area (Å²) in [5.41, 5.74) is 0.474. The van der Waals surface area contributed by atoms with Crippen LogP contribution in [0.15, 0.2) is 16.9 Å². The van der Waals surface area contributed by atoms with Crippen LogP contribution in [0.3, 0.4) is 0 Å². The fourth-order valence-electron chi connectivity index (χ4n) is 2.49. The maximum absolute atomic E-state index is 12.3. The molecule has 0 unspecified atom stereocenters. The van der Waals surface area contributed by atoms with Gasteiger partial charge in [-0.15, -0.1) is 0 Å². The SMILES string of the molecule is CC(C)c1ccc(C#N)c(=O)n1CC(=O)N1CCNCC1. The highest BCUT2D eigenvalue weighted by atomic mass is 16.2. The van der Waals surface area contributed by atoms with E-state index in [0.29, 0.717) is 13.1 Å². The number of nitrogens with zero attached hydrogens (tertiary/aromatic N) is 3. The molecular weight excluding hydrogens is 268 g/mol. The van der Waals surface area contributed by atoms with Gasteiger partial charge in [0.1, 0.15) is 18.2 Å². The highest BCUT2D eigenvalue weighted by Crippen LogP contribution is 2.13. The summed E-state index contributed by atoms with van der Waals surface area (Å²) in [5, 5.41) is 12.2. The smallest absolute Gasteiger partial charge is 0.269 e. The normalized spacial score (nSPS) is 15.0. The van der Waals surface area contributed by atoms with Crippen molar-refractivity contribution in [2.24, 2.45) is 0 Å². The summed E-state index contributed by atoms with van der Waals surface area (Å²) in [5.74, 6) is 0.0388. The molecule has 112 valence electrons. The fraction of sp³-hybridized carbons (Fsp3) is 0.533. The number of amides is 1. The van der Waals surface area contributed by atoms with Crippen LogP contribution in [-0.2, 0) is 11.3 Å². The quantitative estimate of drug-likeness (QED) is 0.866. The van der Waals surface area contributed by atoms with Crippen molar-refractivity contribution in [3.8, 4) is 6.07 Å². The number of piperazine rings is 1. The molecular formula is C15H20N4O2. The molecule has 1 aliphatic heterocycles. The van der Waals surface area contributed by atoms with E-state index in [9.17, 15) is 9.59 Å². The van der Waals surface area contributed by atoms with Crippen LogP contribution in [0.4, 0.5) is 0 Å². The molecule has 1 aromatic heterocycles. The topological polar surface area (TPSA) is 78.1 Å². The van der Waals surface area contributed by atoms with Crippen LogP contribution in [0.2, 0.25) is 0 Å². The minimum atomic E-state index is -0.382. The predicted octanol–water partition coefficient (Wildman–Crippen LogP) is 0.275. The standard InChI is InChI=1S/C15H20N4O2/c1-11(2)13-4-3-12(9-16)15(21)19(13)10-14(20)18-7-5-17-6-8-18/h3-4,11,17H,5-8,10H2,1-2H3. The molecule has 6 nitrogen and oxygen atoms in total. The number of carbonyl (C=O) groups is 1. The minimum absolute atomic E-state index is 0.00185. The third-order valence-electron chi connectivity index (χ3n) is 3.68. The summed E-state index contributed by atoms with van der Waals surface area (Å²) in [6.07, 6.45) is 0. The van der Waals surface area contributed by atoms with Crippen molar-refractivity contribution in [3.63, 3.8) is 0 Å². The lowest BCUT2D eigenvalue weighted by atomic mass is 10.1. The van der Waals surface area contributed by atoms with Gasteiger partial charge in [-0.1, -0.05) is 13.8 Å². The number of rotatable bonds is 3. The first-order valence-electron chi connectivity index (χ1n) is 7.17. The zero-order valence-electron chi connectivity index (χ0n) is 12.4. The lowest BCUT2D eigenvalue weighted by Gasteiger charge is -2.28. The Kier molecular flexibility index (Phi) is 4.76. The van der Waals surface area contributed by atoms with E-state index in [1.807, 2.05) is 19.9 Å². The van der Waals surface area contributed by atoms with Crippen LogP contribution in [0, 0.1) is 11.3 Å². The van der Waals surface area contributed by atoms with Gasteiger partial charge in [-0.2, -0.15) is 5.26 Å². The predicted molar refractivity (Wildman–Crippen MR) is 79.0 cm³/mol. The van der Waals surface area contributed by atoms with Crippen LogP contribution in [0.25, 0.3) is 0 Å². The lowest BCUT2D eigenvalue weighted by molar-refractivity contribution is -0.132. The van der Waals surface area contributed by atoms with Crippen molar-refractivity contribution in [2.45, 2.75) is 26.3 Å². The van der Waals surface area contributed by atoms with E-state index in [-0.39, 0.29) is 29.5 Å². The summed E-state index contributed by atoms with van der Waals surface area (Å²) < 4.78 is 1.44. The lowest BCUT2D eigenvalue weighted by Crippen LogP contribution is -2.48. The first-order valence-corrected chi connectivity index (χ1v) is 7.17. The third kappa shape index (κ3) is 3.31. The molecule has 1 fully saturated rings. The van der Waals surface area contributed by atoms with E-state index in [0.717, 1.165) is 18.8 Å². The second-order valence-corrected chi connectivity index (χ2v) is 5.46. The van der Waals surface area contributed by atoms with E-state index in [4.69, 9.17) is 5.26 Å². The van der Waals surface area contributed by atoms with E-state index in [1.165, 1.54) is 10.6 Å². The zero-order valence-corrected chi connectivity index (χ0v) is 12.4. The highest BCUT2D eigenvalue weighted by molar-refractivity contribution is 5.76. The average Bonchev–Trinajstić information content (AvgIpc) is 2.49. The number of aromatic nitrogens is 1. The molecule has 1 aliphatic rings. The first kappa shape index (κ1) is 15.3. The maximum atomic E-state index is 12.3. The Morgan fingerprint density at radius 2 is 2.05 bits per heavy atom. The van der Waals surface area contributed by atoms with Crippen LogP contribution in [0.5, 0.6) is 0 Å². The van der Waals surface area contributed by atoms with Crippen LogP contribution in [0.1, 0.15) is 31.0 Å². The molecule has 0 radical (unpaired) electrons. The molecule has 0 bridgehead atoms. The van der Waals surface area contributed by atoms with E-state index in [2.05, 4.69) is 5.32 Å². The van der Waals surface area contributed by atoms with Crippen molar-refractivity contribution in [2.75, 3.05) is 26.2 Å². The number of pyridine rings is 1. The monoisotopic (exact) mass is 288 g/mol. The van der Waals surface area contributed by atoms with E-state index < -0.39 is 0 Å². The van der Waals surface area contributed by atoms with Gasteiger partial charge in [-0.3, -0.25) is 9.59 Å². The molecule has 2 rings (SSSR count). The van der Waals surface area contributed by atoms with Crippen molar-refractivity contribution in [3.05, 3.63) is 33.7 Å². The molecule has 6 heteroatoms. The number of nitriles is 1. The van der Waals surface area contributed by atoms with Gasteiger partial charge < -0.3 is 14.8 Å². The summed E-state index contributed by atoms with van der Waals surface area (Å²) in [6, 6.07) is 5.18. The Morgan fingerprint density at radius 1 is 1.38 bits per heavy atom. The highest BCUT2D eigenvalue weighted by Gasteiger charge is 2.19. The Hall–Kier alpha value is -2.13. The number of carbonyl (C=O) groups excluding carboxylic acids is 1. The van der Waals surface area contributed by atoms with Crippen molar-refractivity contribution in [1.82, 2.24) is 14.8 Å². The van der Waals surface area contributed by atoms with E-state index >= 15 is 0 Å². The molecule has 0 aromatic carbocycles. The van der Waals surface area contributed by atoms with Gasteiger partial charge >= 0.3 is 0 Å². The summed E-state index contributed by atoms with van der Waals surface area (Å²) in [7, 11) is 0. The molecule has 0 saturated carbocycles. The van der Waals surface area contributed by atoms with E-state index in [1.54, 1.807) is 11.0 Å². The summed E-state index contributed by atoms with van der Waals surface area (Å²) in [4.78, 5) is 26.4. The van der Waals surface area contributed by atoms with Crippen LogP contribution >= 0.6 is 0 Å². The molecule has 21 heavy (non-hydrogen) atoms. The Labute approximate surface area is 124 Å². The second-order valence-electron chi connectivity index (χ2n) is 5.46. The zero-order chi connectivity index (χ0) is 15.4. The van der Waals surface area contributed by atoms with Crippen LogP contribution in [-0.4, -0.2) is 41.6 Å². The average molecular weight is 288 g/mol. The van der Waals surface area contributed by atoms with Gasteiger partial charge in [-0.25, -0.2) is 0 Å².